The van der Waals surface area contributed by atoms with Crippen molar-refractivity contribution in [3.63, 3.8) is 0 Å². The molecule has 0 amide bonds. The van der Waals surface area contributed by atoms with Gasteiger partial charge in [-0.2, -0.15) is 5.10 Å². The first-order valence-corrected chi connectivity index (χ1v) is 11.7. The third-order valence-corrected chi connectivity index (χ3v) is 6.25. The van der Waals surface area contributed by atoms with Crippen molar-refractivity contribution in [1.82, 2.24) is 34.3 Å². The Labute approximate surface area is 210 Å². The molecule has 0 spiro atoms. The maximum absolute atomic E-state index is 15.1. The van der Waals surface area contributed by atoms with Gasteiger partial charge in [0.2, 0.25) is 0 Å². The Morgan fingerprint density at radius 3 is 2.54 bits per heavy atom. The molecule has 0 bridgehead atoms. The number of aryl methyl sites for hydroxylation is 2. The predicted octanol–water partition coefficient (Wildman–Crippen LogP) is 5.02. The molecule has 0 unspecified atom stereocenters. The van der Waals surface area contributed by atoms with Gasteiger partial charge in [0.15, 0.2) is 11.3 Å². The van der Waals surface area contributed by atoms with Gasteiger partial charge in [0.25, 0.3) is 0 Å². The maximum Gasteiger partial charge on any atom is 0.197 e. The Balaban J connectivity index is 1.32. The number of rotatable bonds is 6. The molecule has 37 heavy (non-hydrogen) atoms. The molecule has 6 rings (SSSR count). The summed E-state index contributed by atoms with van der Waals surface area (Å²) in [6.45, 7) is 2.53. The molecule has 184 valence electrons. The van der Waals surface area contributed by atoms with Gasteiger partial charge in [0.1, 0.15) is 23.3 Å². The van der Waals surface area contributed by atoms with Gasteiger partial charge in [-0.3, -0.25) is 9.67 Å². The Morgan fingerprint density at radius 1 is 0.919 bits per heavy atom. The molecule has 4 heterocycles. The summed E-state index contributed by atoms with van der Waals surface area (Å²) in [5, 5.41) is 8.25. The molecule has 0 aliphatic carbocycles. The standard InChI is InChI=1S/C27H22F2N8/c1-16-34-26-27(35-25(13-32-26)31-10-17-3-5-22(28)6-4-17)37(16)15-20-8-18-7-19(21-12-33-36(2)14-21)11-30-24(18)9-23(20)29/h3-9,11-14H,10,15H2,1-2H3,(H,31,35). The first-order valence-electron chi connectivity index (χ1n) is 11.7. The van der Waals surface area contributed by atoms with E-state index >= 15 is 4.39 Å². The number of hydrogen-bond acceptors (Lipinski definition) is 6. The molecule has 4 aromatic heterocycles. The average Bonchev–Trinajstić information content (AvgIpc) is 3.46. The zero-order valence-corrected chi connectivity index (χ0v) is 20.2. The molecule has 0 aliphatic heterocycles. The summed E-state index contributed by atoms with van der Waals surface area (Å²) in [6.07, 6.45) is 7.01. The summed E-state index contributed by atoms with van der Waals surface area (Å²) in [4.78, 5) is 18.1. The predicted molar refractivity (Wildman–Crippen MR) is 137 cm³/mol. The lowest BCUT2D eigenvalue weighted by Gasteiger charge is -2.10. The van der Waals surface area contributed by atoms with Gasteiger partial charge in [-0.15, -0.1) is 0 Å². The van der Waals surface area contributed by atoms with Crippen LogP contribution in [0.15, 0.2) is 67.3 Å². The lowest BCUT2D eigenvalue weighted by Crippen LogP contribution is -2.07. The fraction of sp³-hybridized carbons (Fsp3) is 0.148. The summed E-state index contributed by atoms with van der Waals surface area (Å²) in [5.74, 6) is 0.581. The Morgan fingerprint density at radius 2 is 1.76 bits per heavy atom. The molecule has 0 fully saturated rings. The summed E-state index contributed by atoms with van der Waals surface area (Å²) in [7, 11) is 1.86. The Hall–Kier alpha value is -4.73. The molecular weight excluding hydrogens is 474 g/mol. The number of imidazole rings is 1. The highest BCUT2D eigenvalue weighted by molar-refractivity contribution is 5.84. The van der Waals surface area contributed by atoms with Crippen molar-refractivity contribution in [1.29, 1.82) is 0 Å². The molecular formula is C27H22F2N8. The van der Waals surface area contributed by atoms with E-state index in [-0.39, 0.29) is 18.2 Å². The van der Waals surface area contributed by atoms with Gasteiger partial charge in [0, 0.05) is 54.1 Å². The molecule has 6 aromatic rings. The second-order valence-electron chi connectivity index (χ2n) is 8.89. The van der Waals surface area contributed by atoms with Gasteiger partial charge < -0.3 is 9.88 Å². The highest BCUT2D eigenvalue weighted by Gasteiger charge is 2.15. The van der Waals surface area contributed by atoms with Crippen LogP contribution in [0, 0.1) is 18.6 Å². The minimum atomic E-state index is -0.353. The second kappa shape index (κ2) is 9.05. The molecule has 2 aromatic carbocycles. The first-order chi connectivity index (χ1) is 17.9. The summed E-state index contributed by atoms with van der Waals surface area (Å²) in [6, 6.07) is 11.5. The lowest BCUT2D eigenvalue weighted by molar-refractivity contribution is 0.600. The minimum Gasteiger partial charge on any atom is -0.365 e. The molecule has 0 saturated heterocycles. The van der Waals surface area contributed by atoms with Crippen molar-refractivity contribution in [3.8, 4) is 11.1 Å². The maximum atomic E-state index is 15.1. The molecule has 8 nitrogen and oxygen atoms in total. The highest BCUT2D eigenvalue weighted by Crippen LogP contribution is 2.26. The van der Waals surface area contributed by atoms with E-state index in [0.29, 0.717) is 40.6 Å². The number of anilines is 1. The summed E-state index contributed by atoms with van der Waals surface area (Å²) >= 11 is 0. The van der Waals surface area contributed by atoms with Crippen molar-refractivity contribution in [2.24, 2.45) is 7.05 Å². The number of nitrogens with one attached hydrogen (secondary N) is 1. The van der Waals surface area contributed by atoms with Crippen LogP contribution in [0.3, 0.4) is 0 Å². The normalized spacial score (nSPS) is 11.5. The second-order valence-corrected chi connectivity index (χ2v) is 8.89. The van der Waals surface area contributed by atoms with Gasteiger partial charge in [-0.05, 0) is 36.8 Å². The van der Waals surface area contributed by atoms with Crippen LogP contribution in [-0.4, -0.2) is 34.3 Å². The van der Waals surface area contributed by atoms with E-state index in [1.54, 1.807) is 35.4 Å². The SMILES string of the molecule is Cc1nc2ncc(NCc3ccc(F)cc3)nc2n1Cc1cc2cc(-c3cnn(C)c3)cnc2cc1F. The van der Waals surface area contributed by atoms with Crippen LogP contribution in [0.2, 0.25) is 0 Å². The van der Waals surface area contributed by atoms with Crippen LogP contribution in [0.1, 0.15) is 17.0 Å². The van der Waals surface area contributed by atoms with Crippen molar-refractivity contribution < 1.29 is 8.78 Å². The molecule has 0 saturated carbocycles. The Kier molecular flexibility index (Phi) is 5.56. The smallest absolute Gasteiger partial charge is 0.197 e. The number of benzene rings is 2. The average molecular weight is 497 g/mol. The minimum absolute atomic E-state index is 0.233. The van der Waals surface area contributed by atoms with Crippen LogP contribution in [-0.2, 0) is 20.1 Å². The van der Waals surface area contributed by atoms with Crippen LogP contribution in [0.5, 0.6) is 0 Å². The number of aromatic nitrogens is 7. The van der Waals surface area contributed by atoms with Crippen molar-refractivity contribution in [3.05, 3.63) is 95.8 Å². The fourth-order valence-electron chi connectivity index (χ4n) is 4.29. The largest absolute Gasteiger partial charge is 0.365 e. The third kappa shape index (κ3) is 4.49. The van der Waals surface area contributed by atoms with Crippen molar-refractivity contribution in [2.75, 3.05) is 5.32 Å². The molecule has 0 aliphatic rings. The van der Waals surface area contributed by atoms with Crippen LogP contribution < -0.4 is 5.32 Å². The van der Waals surface area contributed by atoms with Gasteiger partial charge in [-0.25, -0.2) is 23.7 Å². The quantitative estimate of drug-likeness (QED) is 0.348. The van der Waals surface area contributed by atoms with Crippen LogP contribution >= 0.6 is 0 Å². The number of fused-ring (bicyclic) bond motifs is 2. The zero-order chi connectivity index (χ0) is 25.5. The monoisotopic (exact) mass is 496 g/mol. The molecule has 10 heteroatoms. The van der Waals surface area contributed by atoms with E-state index in [4.69, 9.17) is 0 Å². The van der Waals surface area contributed by atoms with Gasteiger partial charge in [-0.1, -0.05) is 12.1 Å². The van der Waals surface area contributed by atoms with Gasteiger partial charge >= 0.3 is 0 Å². The van der Waals surface area contributed by atoms with Crippen molar-refractivity contribution >= 4 is 28.0 Å². The van der Waals surface area contributed by atoms with E-state index in [1.807, 2.05) is 36.9 Å². The summed E-state index contributed by atoms with van der Waals surface area (Å²) < 4.78 is 31.9. The molecule has 1 N–H and O–H groups in total. The highest BCUT2D eigenvalue weighted by atomic mass is 19.1. The number of halogens is 2. The van der Waals surface area contributed by atoms with Crippen molar-refractivity contribution in [2.45, 2.75) is 20.0 Å². The van der Waals surface area contributed by atoms with Gasteiger partial charge in [0.05, 0.1) is 24.5 Å². The van der Waals surface area contributed by atoms with E-state index in [0.717, 1.165) is 22.1 Å². The van der Waals surface area contributed by atoms with E-state index in [2.05, 4.69) is 30.4 Å². The van der Waals surface area contributed by atoms with E-state index < -0.39 is 0 Å². The van der Waals surface area contributed by atoms with E-state index in [9.17, 15) is 4.39 Å². The van der Waals surface area contributed by atoms with Crippen LogP contribution in [0.25, 0.3) is 33.3 Å². The molecule has 0 radical (unpaired) electrons. The molecule has 0 atom stereocenters. The summed E-state index contributed by atoms with van der Waals surface area (Å²) in [5.41, 5.74) is 4.85. The Bertz CT molecular complexity index is 1750. The van der Waals surface area contributed by atoms with Crippen LogP contribution in [0.4, 0.5) is 14.6 Å². The number of pyridine rings is 1. The van der Waals surface area contributed by atoms with E-state index in [1.165, 1.54) is 18.2 Å². The topological polar surface area (TPSA) is 86.3 Å². The third-order valence-electron chi connectivity index (χ3n) is 6.25. The fourth-order valence-corrected chi connectivity index (χ4v) is 4.29. The number of hydrogen-bond donors (Lipinski definition) is 1. The zero-order valence-electron chi connectivity index (χ0n) is 20.2. The number of nitrogens with zero attached hydrogens (tertiary/aromatic N) is 7. The lowest BCUT2D eigenvalue weighted by atomic mass is 10.1. The first kappa shape index (κ1) is 22.7.